The van der Waals surface area contributed by atoms with Crippen molar-refractivity contribution in [2.24, 2.45) is 5.92 Å². The zero-order valence-corrected chi connectivity index (χ0v) is 15.0. The monoisotopic (exact) mass is 345 g/mol. The predicted molar refractivity (Wildman–Crippen MR) is 95.9 cm³/mol. The highest BCUT2D eigenvalue weighted by molar-refractivity contribution is 7.12. The standard InChI is InChI=1S/C19H23NO3S/c1-14-6-8-20(9-7-14)19(21)18-10-15(13-24-18)12-23-17-5-3-4-16(11-17)22-2/h3-5,10-11,13-14H,6-9,12H2,1-2H3. The van der Waals surface area contributed by atoms with Crippen LogP contribution < -0.4 is 9.47 Å². The van der Waals surface area contributed by atoms with Gasteiger partial charge in [0.1, 0.15) is 18.1 Å². The summed E-state index contributed by atoms with van der Waals surface area (Å²) in [5, 5.41) is 2.00. The summed E-state index contributed by atoms with van der Waals surface area (Å²) >= 11 is 1.50. The minimum Gasteiger partial charge on any atom is -0.497 e. The molecule has 0 N–H and O–H groups in total. The Kier molecular flexibility index (Phi) is 5.41. The molecule has 0 saturated carbocycles. The molecule has 4 nitrogen and oxygen atoms in total. The van der Waals surface area contributed by atoms with Crippen LogP contribution in [0, 0.1) is 5.92 Å². The maximum Gasteiger partial charge on any atom is 0.263 e. The number of carbonyl (C=O) groups excluding carboxylic acids is 1. The third kappa shape index (κ3) is 4.09. The molecule has 1 aliphatic heterocycles. The van der Waals surface area contributed by atoms with E-state index in [4.69, 9.17) is 9.47 Å². The Morgan fingerprint density at radius 2 is 2.00 bits per heavy atom. The molecule has 1 aromatic heterocycles. The summed E-state index contributed by atoms with van der Waals surface area (Å²) in [5.41, 5.74) is 1.02. The van der Waals surface area contributed by atoms with Gasteiger partial charge in [-0.25, -0.2) is 0 Å². The summed E-state index contributed by atoms with van der Waals surface area (Å²) in [6.45, 7) is 4.44. The lowest BCUT2D eigenvalue weighted by molar-refractivity contribution is 0.0702. The third-order valence-corrected chi connectivity index (χ3v) is 5.35. The maximum atomic E-state index is 12.6. The lowest BCUT2D eigenvalue weighted by atomic mass is 9.99. The van der Waals surface area contributed by atoms with Crippen LogP contribution in [0.2, 0.25) is 0 Å². The number of benzene rings is 1. The van der Waals surface area contributed by atoms with E-state index < -0.39 is 0 Å². The molecule has 2 heterocycles. The van der Waals surface area contributed by atoms with Crippen LogP contribution in [-0.2, 0) is 6.61 Å². The van der Waals surface area contributed by atoms with Gasteiger partial charge in [0.2, 0.25) is 0 Å². The second kappa shape index (κ2) is 7.71. The van der Waals surface area contributed by atoms with E-state index in [1.165, 1.54) is 11.3 Å². The van der Waals surface area contributed by atoms with Gasteiger partial charge in [0.05, 0.1) is 12.0 Å². The molecule has 128 valence electrons. The van der Waals surface area contributed by atoms with Gasteiger partial charge in [0.25, 0.3) is 5.91 Å². The normalized spacial score (nSPS) is 15.3. The van der Waals surface area contributed by atoms with Crippen molar-refractivity contribution in [1.29, 1.82) is 0 Å². The van der Waals surface area contributed by atoms with Gasteiger partial charge in [-0.15, -0.1) is 11.3 Å². The van der Waals surface area contributed by atoms with E-state index in [-0.39, 0.29) is 5.91 Å². The van der Waals surface area contributed by atoms with Gasteiger partial charge >= 0.3 is 0 Å². The zero-order valence-electron chi connectivity index (χ0n) is 14.2. The van der Waals surface area contributed by atoms with Crippen LogP contribution in [0.25, 0.3) is 0 Å². The van der Waals surface area contributed by atoms with Crippen LogP contribution >= 0.6 is 11.3 Å². The molecule has 0 radical (unpaired) electrons. The Bertz CT molecular complexity index is 689. The number of thiophene rings is 1. The van der Waals surface area contributed by atoms with Crippen molar-refractivity contribution in [1.82, 2.24) is 4.90 Å². The summed E-state index contributed by atoms with van der Waals surface area (Å²) in [6.07, 6.45) is 2.20. The van der Waals surface area contributed by atoms with Crippen LogP contribution in [0.4, 0.5) is 0 Å². The average molecular weight is 345 g/mol. The summed E-state index contributed by atoms with van der Waals surface area (Å²) in [4.78, 5) is 15.3. The molecule has 0 unspecified atom stereocenters. The Labute approximate surface area is 147 Å². The first-order valence-electron chi connectivity index (χ1n) is 8.29. The van der Waals surface area contributed by atoms with Crippen molar-refractivity contribution in [3.05, 3.63) is 46.2 Å². The Hall–Kier alpha value is -2.01. The predicted octanol–water partition coefficient (Wildman–Crippen LogP) is 4.21. The molecule has 1 aromatic carbocycles. The van der Waals surface area contributed by atoms with E-state index >= 15 is 0 Å². The lowest BCUT2D eigenvalue weighted by Gasteiger charge is -2.29. The maximum absolute atomic E-state index is 12.6. The molecule has 1 saturated heterocycles. The van der Waals surface area contributed by atoms with E-state index in [1.54, 1.807) is 7.11 Å². The van der Waals surface area contributed by atoms with Gasteiger partial charge in [0.15, 0.2) is 0 Å². The second-order valence-electron chi connectivity index (χ2n) is 6.26. The first-order chi connectivity index (χ1) is 11.7. The first kappa shape index (κ1) is 16.8. The fourth-order valence-corrected chi connectivity index (χ4v) is 3.65. The van der Waals surface area contributed by atoms with Crippen molar-refractivity contribution in [3.8, 4) is 11.5 Å². The zero-order chi connectivity index (χ0) is 16.9. The van der Waals surface area contributed by atoms with Crippen molar-refractivity contribution in [2.75, 3.05) is 20.2 Å². The van der Waals surface area contributed by atoms with Gasteiger partial charge in [-0.2, -0.15) is 0 Å². The molecule has 0 spiro atoms. The molecule has 1 fully saturated rings. The Balaban J connectivity index is 1.58. The average Bonchev–Trinajstić information content (AvgIpc) is 3.09. The Morgan fingerprint density at radius 3 is 2.75 bits per heavy atom. The van der Waals surface area contributed by atoms with Crippen LogP contribution in [0.1, 0.15) is 35.0 Å². The Morgan fingerprint density at radius 1 is 1.25 bits per heavy atom. The van der Waals surface area contributed by atoms with E-state index in [1.807, 2.05) is 40.6 Å². The SMILES string of the molecule is COc1cccc(OCc2csc(C(=O)N3CCC(C)CC3)c2)c1. The number of carbonyl (C=O) groups is 1. The highest BCUT2D eigenvalue weighted by Crippen LogP contribution is 2.24. The molecule has 5 heteroatoms. The first-order valence-corrected chi connectivity index (χ1v) is 9.17. The molecular formula is C19H23NO3S. The van der Waals surface area contributed by atoms with Gasteiger partial charge in [-0.1, -0.05) is 13.0 Å². The smallest absolute Gasteiger partial charge is 0.263 e. The summed E-state index contributed by atoms with van der Waals surface area (Å²) in [7, 11) is 1.64. The van der Waals surface area contributed by atoms with Crippen LogP contribution in [-0.4, -0.2) is 31.0 Å². The molecule has 24 heavy (non-hydrogen) atoms. The van der Waals surface area contributed by atoms with Gasteiger partial charge < -0.3 is 14.4 Å². The molecule has 1 amide bonds. The summed E-state index contributed by atoms with van der Waals surface area (Å²) < 4.78 is 11.0. The fourth-order valence-electron chi connectivity index (χ4n) is 2.79. The minimum atomic E-state index is 0.152. The molecule has 0 bridgehead atoms. The number of hydrogen-bond acceptors (Lipinski definition) is 4. The second-order valence-corrected chi connectivity index (χ2v) is 7.17. The molecule has 0 aliphatic carbocycles. The van der Waals surface area contributed by atoms with Gasteiger partial charge in [-0.05, 0) is 42.3 Å². The number of rotatable bonds is 5. The molecule has 0 atom stereocenters. The summed E-state index contributed by atoms with van der Waals surface area (Å²) in [5.74, 6) is 2.41. The van der Waals surface area contributed by atoms with Crippen LogP contribution in [0.15, 0.2) is 35.7 Å². The lowest BCUT2D eigenvalue weighted by Crippen LogP contribution is -2.37. The summed E-state index contributed by atoms with van der Waals surface area (Å²) in [6, 6.07) is 9.48. The highest BCUT2D eigenvalue weighted by atomic mass is 32.1. The van der Waals surface area contributed by atoms with E-state index in [0.717, 1.165) is 53.8 Å². The van der Waals surface area contributed by atoms with Crippen molar-refractivity contribution in [3.63, 3.8) is 0 Å². The number of likely N-dealkylation sites (tertiary alicyclic amines) is 1. The van der Waals surface area contributed by atoms with Crippen LogP contribution in [0.5, 0.6) is 11.5 Å². The molecule has 3 rings (SSSR count). The molecular weight excluding hydrogens is 322 g/mol. The van der Waals surface area contributed by atoms with E-state index in [0.29, 0.717) is 6.61 Å². The number of methoxy groups -OCH3 is 1. The highest BCUT2D eigenvalue weighted by Gasteiger charge is 2.22. The van der Waals surface area contributed by atoms with Crippen LogP contribution in [0.3, 0.4) is 0 Å². The number of piperidine rings is 1. The topological polar surface area (TPSA) is 38.8 Å². The minimum absolute atomic E-state index is 0.152. The van der Waals surface area contributed by atoms with Crippen molar-refractivity contribution in [2.45, 2.75) is 26.4 Å². The van der Waals surface area contributed by atoms with Gasteiger partial charge in [0, 0.05) is 24.7 Å². The third-order valence-electron chi connectivity index (χ3n) is 4.38. The van der Waals surface area contributed by atoms with Crippen molar-refractivity contribution < 1.29 is 14.3 Å². The number of ether oxygens (including phenoxy) is 2. The van der Waals surface area contributed by atoms with E-state index in [9.17, 15) is 4.79 Å². The van der Waals surface area contributed by atoms with Gasteiger partial charge in [-0.3, -0.25) is 4.79 Å². The van der Waals surface area contributed by atoms with Crippen molar-refractivity contribution >= 4 is 17.2 Å². The quantitative estimate of drug-likeness (QED) is 0.815. The fraction of sp³-hybridized carbons (Fsp3) is 0.421. The number of amides is 1. The number of nitrogens with zero attached hydrogens (tertiary/aromatic N) is 1. The molecule has 2 aromatic rings. The van der Waals surface area contributed by atoms with E-state index in [2.05, 4.69) is 6.92 Å². The molecule has 1 aliphatic rings. The number of hydrogen-bond donors (Lipinski definition) is 0. The largest absolute Gasteiger partial charge is 0.497 e.